The Labute approximate surface area is 315 Å². The van der Waals surface area contributed by atoms with Gasteiger partial charge < -0.3 is 9.47 Å². The van der Waals surface area contributed by atoms with Gasteiger partial charge in [0, 0.05) is 33.5 Å². The highest BCUT2D eigenvalue weighted by Gasteiger charge is 2.17. The summed E-state index contributed by atoms with van der Waals surface area (Å²) in [5.41, 5.74) is 14.1. The highest BCUT2D eigenvalue weighted by Crippen LogP contribution is 2.40. The highest BCUT2D eigenvalue weighted by atomic mass is 15.1. The summed E-state index contributed by atoms with van der Waals surface area (Å²) < 4.78 is 2.40. The number of rotatable bonds is 7. The van der Waals surface area contributed by atoms with Gasteiger partial charge in [-0.05, 0) is 105 Å². The Morgan fingerprint density at radius 2 is 0.796 bits per heavy atom. The SMILES string of the molecule is c1ccc(-c2ccc(-c3ccc(N(c4ccc(-n5c6ccccc6c6c7ccccc7ccc65)cc4)c4cccc(-c5ccccc5)c4)cc3)cc2)cc1. The van der Waals surface area contributed by atoms with Crippen LogP contribution in [-0.4, -0.2) is 4.57 Å². The maximum Gasteiger partial charge on any atom is 0.0547 e. The van der Waals surface area contributed by atoms with Crippen molar-refractivity contribution >= 4 is 49.6 Å². The van der Waals surface area contributed by atoms with Crippen molar-refractivity contribution in [3.63, 3.8) is 0 Å². The van der Waals surface area contributed by atoms with Crippen LogP contribution in [0.3, 0.4) is 0 Å². The van der Waals surface area contributed by atoms with E-state index < -0.39 is 0 Å². The number of para-hydroxylation sites is 1. The molecule has 0 saturated carbocycles. The zero-order chi connectivity index (χ0) is 35.8. The number of hydrogen-bond acceptors (Lipinski definition) is 1. The van der Waals surface area contributed by atoms with E-state index in [1.54, 1.807) is 0 Å². The minimum Gasteiger partial charge on any atom is -0.310 e. The summed E-state index contributed by atoms with van der Waals surface area (Å²) in [7, 11) is 0. The number of benzene rings is 9. The van der Waals surface area contributed by atoms with Gasteiger partial charge in [0.05, 0.1) is 11.0 Å². The summed E-state index contributed by atoms with van der Waals surface area (Å²) >= 11 is 0. The third-order valence-corrected chi connectivity index (χ3v) is 10.6. The van der Waals surface area contributed by atoms with Crippen LogP contribution >= 0.6 is 0 Å². The lowest BCUT2D eigenvalue weighted by molar-refractivity contribution is 1.17. The first-order chi connectivity index (χ1) is 26.8. The van der Waals surface area contributed by atoms with E-state index in [0.29, 0.717) is 0 Å². The van der Waals surface area contributed by atoms with Gasteiger partial charge in [-0.15, -0.1) is 0 Å². The molecule has 0 N–H and O–H groups in total. The van der Waals surface area contributed by atoms with E-state index in [0.717, 1.165) is 22.7 Å². The van der Waals surface area contributed by atoms with Crippen molar-refractivity contribution in [1.82, 2.24) is 4.57 Å². The average Bonchev–Trinajstić information content (AvgIpc) is 3.60. The highest BCUT2D eigenvalue weighted by molar-refractivity contribution is 6.21. The molecule has 2 heteroatoms. The fourth-order valence-corrected chi connectivity index (χ4v) is 7.96. The first-order valence-corrected chi connectivity index (χ1v) is 18.5. The third-order valence-electron chi connectivity index (χ3n) is 10.6. The molecule has 0 saturated heterocycles. The molecule has 10 aromatic rings. The second-order valence-corrected chi connectivity index (χ2v) is 13.8. The Kier molecular flexibility index (Phi) is 7.85. The van der Waals surface area contributed by atoms with Crippen molar-refractivity contribution in [3.8, 4) is 39.1 Å². The van der Waals surface area contributed by atoms with Crippen LogP contribution in [0.25, 0.3) is 71.6 Å². The van der Waals surface area contributed by atoms with Gasteiger partial charge in [-0.25, -0.2) is 0 Å². The van der Waals surface area contributed by atoms with Gasteiger partial charge >= 0.3 is 0 Å². The number of aromatic nitrogens is 1. The Bertz CT molecular complexity index is 2890. The van der Waals surface area contributed by atoms with Crippen LogP contribution in [0, 0.1) is 0 Å². The Morgan fingerprint density at radius 1 is 0.296 bits per heavy atom. The molecule has 0 unspecified atom stereocenters. The van der Waals surface area contributed by atoms with Crippen molar-refractivity contribution in [2.24, 2.45) is 0 Å². The van der Waals surface area contributed by atoms with E-state index >= 15 is 0 Å². The molecular weight excluding hydrogens is 653 g/mol. The molecule has 0 aliphatic rings. The summed E-state index contributed by atoms with van der Waals surface area (Å²) in [6.45, 7) is 0. The standard InChI is InChI=1S/C52H36N2/c1-3-12-37(13-4-1)39-22-24-40(25-23-39)41-26-29-44(30-27-41)53(47-18-11-17-43(36-47)38-14-5-2-6-15-38)45-31-33-46(34-32-45)54-50-21-10-9-20-49(50)52-48-19-8-7-16-42(48)28-35-51(52)54/h1-36H. The summed E-state index contributed by atoms with van der Waals surface area (Å²) in [6, 6.07) is 78.8. The molecule has 0 radical (unpaired) electrons. The molecular formula is C52H36N2. The van der Waals surface area contributed by atoms with Crippen LogP contribution in [0.2, 0.25) is 0 Å². The van der Waals surface area contributed by atoms with Crippen LogP contribution in [0.5, 0.6) is 0 Å². The van der Waals surface area contributed by atoms with E-state index in [2.05, 4.69) is 228 Å². The Hall–Kier alpha value is -7.16. The van der Waals surface area contributed by atoms with Crippen molar-refractivity contribution in [2.45, 2.75) is 0 Å². The number of hydrogen-bond donors (Lipinski definition) is 0. The van der Waals surface area contributed by atoms with Crippen LogP contribution < -0.4 is 4.90 Å². The van der Waals surface area contributed by atoms with Crippen LogP contribution in [0.15, 0.2) is 218 Å². The minimum atomic E-state index is 1.09. The molecule has 0 amide bonds. The quantitative estimate of drug-likeness (QED) is 0.162. The maximum absolute atomic E-state index is 2.40. The largest absolute Gasteiger partial charge is 0.310 e. The number of nitrogens with zero attached hydrogens (tertiary/aromatic N) is 2. The first-order valence-electron chi connectivity index (χ1n) is 18.5. The fraction of sp³-hybridized carbons (Fsp3) is 0. The Balaban J connectivity index is 1.06. The van der Waals surface area contributed by atoms with Gasteiger partial charge in [0.15, 0.2) is 0 Å². The molecule has 1 heterocycles. The van der Waals surface area contributed by atoms with Crippen molar-refractivity contribution in [3.05, 3.63) is 218 Å². The second-order valence-electron chi connectivity index (χ2n) is 13.8. The second kappa shape index (κ2) is 13.4. The van der Waals surface area contributed by atoms with Gasteiger partial charge in [0.1, 0.15) is 0 Å². The molecule has 9 aromatic carbocycles. The van der Waals surface area contributed by atoms with E-state index in [1.807, 2.05) is 0 Å². The molecule has 10 rings (SSSR count). The predicted octanol–water partition coefficient (Wildman–Crippen LogP) is 14.4. The average molecular weight is 689 g/mol. The fourth-order valence-electron chi connectivity index (χ4n) is 7.96. The maximum atomic E-state index is 2.40. The van der Waals surface area contributed by atoms with E-state index in [1.165, 1.54) is 66.0 Å². The number of fused-ring (bicyclic) bond motifs is 5. The van der Waals surface area contributed by atoms with E-state index in [-0.39, 0.29) is 0 Å². The molecule has 0 spiro atoms. The van der Waals surface area contributed by atoms with Gasteiger partial charge in [0.25, 0.3) is 0 Å². The molecule has 0 atom stereocenters. The van der Waals surface area contributed by atoms with Gasteiger partial charge in [-0.1, -0.05) is 158 Å². The zero-order valence-electron chi connectivity index (χ0n) is 29.7. The first kappa shape index (κ1) is 31.6. The van der Waals surface area contributed by atoms with Gasteiger partial charge in [-0.2, -0.15) is 0 Å². The summed E-state index contributed by atoms with van der Waals surface area (Å²) in [6.07, 6.45) is 0. The van der Waals surface area contributed by atoms with Crippen molar-refractivity contribution in [2.75, 3.05) is 4.90 Å². The smallest absolute Gasteiger partial charge is 0.0547 e. The normalized spacial score (nSPS) is 11.3. The molecule has 0 bridgehead atoms. The molecule has 2 nitrogen and oxygen atoms in total. The lowest BCUT2D eigenvalue weighted by Crippen LogP contribution is -2.10. The topological polar surface area (TPSA) is 8.17 Å². The molecule has 0 aliphatic carbocycles. The summed E-state index contributed by atoms with van der Waals surface area (Å²) in [5.74, 6) is 0. The van der Waals surface area contributed by atoms with E-state index in [4.69, 9.17) is 0 Å². The predicted molar refractivity (Wildman–Crippen MR) is 229 cm³/mol. The minimum absolute atomic E-state index is 1.09. The van der Waals surface area contributed by atoms with Crippen LogP contribution in [0.4, 0.5) is 17.1 Å². The number of anilines is 3. The van der Waals surface area contributed by atoms with Crippen LogP contribution in [-0.2, 0) is 0 Å². The molecule has 0 aliphatic heterocycles. The lowest BCUT2D eigenvalue weighted by Gasteiger charge is -2.26. The molecule has 1 aromatic heterocycles. The Morgan fingerprint density at radius 3 is 1.46 bits per heavy atom. The lowest BCUT2D eigenvalue weighted by atomic mass is 10.00. The summed E-state index contributed by atoms with van der Waals surface area (Å²) in [5, 5.41) is 5.10. The molecule has 254 valence electrons. The van der Waals surface area contributed by atoms with Gasteiger partial charge in [-0.3, -0.25) is 0 Å². The third kappa shape index (κ3) is 5.62. The monoisotopic (exact) mass is 688 g/mol. The van der Waals surface area contributed by atoms with Crippen molar-refractivity contribution in [1.29, 1.82) is 0 Å². The van der Waals surface area contributed by atoms with Gasteiger partial charge in [0.2, 0.25) is 0 Å². The van der Waals surface area contributed by atoms with Crippen LogP contribution in [0.1, 0.15) is 0 Å². The van der Waals surface area contributed by atoms with Crippen molar-refractivity contribution < 1.29 is 0 Å². The summed E-state index contributed by atoms with van der Waals surface area (Å²) in [4.78, 5) is 2.36. The van der Waals surface area contributed by atoms with E-state index in [9.17, 15) is 0 Å². The molecule has 54 heavy (non-hydrogen) atoms. The molecule has 0 fully saturated rings. The zero-order valence-corrected chi connectivity index (χ0v) is 29.7.